The van der Waals surface area contributed by atoms with Crippen molar-refractivity contribution in [2.45, 2.75) is 17.7 Å². The van der Waals surface area contributed by atoms with E-state index in [1.165, 1.54) is 6.20 Å². The van der Waals surface area contributed by atoms with Crippen molar-refractivity contribution in [3.8, 4) is 11.6 Å². The van der Waals surface area contributed by atoms with Crippen molar-refractivity contribution in [1.82, 2.24) is 4.98 Å². The molecule has 2 heterocycles. The molecule has 1 aromatic carbocycles. The Kier molecular flexibility index (Phi) is 5.38. The van der Waals surface area contributed by atoms with Gasteiger partial charge < -0.3 is 9.47 Å². The van der Waals surface area contributed by atoms with Gasteiger partial charge in [0.05, 0.1) is 15.7 Å². The van der Waals surface area contributed by atoms with Crippen LogP contribution < -0.4 is 4.74 Å². The second-order valence-electron chi connectivity index (χ2n) is 5.73. The lowest BCUT2D eigenvalue weighted by Gasteiger charge is -2.21. The Bertz CT molecular complexity index is 769. The van der Waals surface area contributed by atoms with Crippen molar-refractivity contribution in [3.05, 3.63) is 47.6 Å². The molecule has 2 aromatic rings. The van der Waals surface area contributed by atoms with E-state index in [0.29, 0.717) is 34.8 Å². The van der Waals surface area contributed by atoms with Gasteiger partial charge >= 0.3 is 0 Å². The second-order valence-corrected chi connectivity index (χ2v) is 8.20. The first-order valence-electron chi connectivity index (χ1n) is 7.73. The summed E-state index contributed by atoms with van der Waals surface area (Å²) in [5.41, 5.74) is 0. The first kappa shape index (κ1) is 17.2. The van der Waals surface area contributed by atoms with Gasteiger partial charge in [-0.25, -0.2) is 13.4 Å². The maximum absolute atomic E-state index is 12.5. The third-order valence-electron chi connectivity index (χ3n) is 3.90. The van der Waals surface area contributed by atoms with Crippen LogP contribution in [0.15, 0.2) is 47.5 Å². The Morgan fingerprint density at radius 2 is 1.83 bits per heavy atom. The average molecular weight is 368 g/mol. The van der Waals surface area contributed by atoms with Crippen LogP contribution in [0, 0.1) is 5.92 Å². The van der Waals surface area contributed by atoms with Gasteiger partial charge in [0.2, 0.25) is 5.88 Å². The summed E-state index contributed by atoms with van der Waals surface area (Å²) in [5, 5.41) is 0.525. The van der Waals surface area contributed by atoms with Crippen molar-refractivity contribution in [1.29, 1.82) is 0 Å². The smallest absolute Gasteiger partial charge is 0.219 e. The summed E-state index contributed by atoms with van der Waals surface area (Å²) in [6.45, 7) is 1.28. The first-order valence-corrected chi connectivity index (χ1v) is 9.76. The molecule has 0 N–H and O–H groups in total. The normalized spacial score (nSPS) is 16.0. The fraction of sp³-hybridized carbons (Fsp3) is 0.353. The molecule has 0 aliphatic carbocycles. The van der Waals surface area contributed by atoms with Gasteiger partial charge in [-0.2, -0.15) is 0 Å². The predicted octanol–water partition coefficient (Wildman–Crippen LogP) is 3.73. The van der Waals surface area contributed by atoms with E-state index in [1.54, 1.807) is 36.4 Å². The van der Waals surface area contributed by atoms with Crippen molar-refractivity contribution in [2.24, 2.45) is 5.92 Å². The van der Waals surface area contributed by atoms with E-state index in [9.17, 15) is 8.42 Å². The molecule has 3 rings (SSSR count). The number of benzene rings is 1. The van der Waals surface area contributed by atoms with Crippen LogP contribution >= 0.6 is 11.6 Å². The molecule has 1 aliphatic heterocycles. The van der Waals surface area contributed by atoms with Gasteiger partial charge in [0, 0.05) is 25.5 Å². The predicted molar refractivity (Wildman–Crippen MR) is 91.4 cm³/mol. The SMILES string of the molecule is O=S(=O)(CC1CCOCC1)c1ccc(Oc2ccc(Cl)cn2)cc1. The molecule has 0 unspecified atom stereocenters. The Hall–Kier alpha value is -1.63. The molecule has 0 spiro atoms. The number of pyridine rings is 1. The van der Waals surface area contributed by atoms with E-state index in [0.717, 1.165) is 12.8 Å². The van der Waals surface area contributed by atoms with Crippen LogP contribution in [0.1, 0.15) is 12.8 Å². The second kappa shape index (κ2) is 7.51. The van der Waals surface area contributed by atoms with Gasteiger partial charge in [-0.05, 0) is 49.1 Å². The van der Waals surface area contributed by atoms with Gasteiger partial charge in [0.15, 0.2) is 9.84 Å². The highest BCUT2D eigenvalue weighted by molar-refractivity contribution is 7.91. The number of hydrogen-bond acceptors (Lipinski definition) is 5. The monoisotopic (exact) mass is 367 g/mol. The van der Waals surface area contributed by atoms with Gasteiger partial charge in [-0.15, -0.1) is 0 Å². The van der Waals surface area contributed by atoms with Crippen LogP contribution in [0.4, 0.5) is 0 Å². The van der Waals surface area contributed by atoms with Gasteiger partial charge in [0.1, 0.15) is 5.75 Å². The zero-order valence-corrected chi connectivity index (χ0v) is 14.6. The quantitative estimate of drug-likeness (QED) is 0.805. The fourth-order valence-corrected chi connectivity index (χ4v) is 4.39. The van der Waals surface area contributed by atoms with Crippen LogP contribution in [0.3, 0.4) is 0 Å². The summed E-state index contributed by atoms with van der Waals surface area (Å²) in [4.78, 5) is 4.35. The van der Waals surface area contributed by atoms with Crippen molar-refractivity contribution >= 4 is 21.4 Å². The average Bonchev–Trinajstić information content (AvgIpc) is 2.58. The number of nitrogens with zero attached hydrogens (tertiary/aromatic N) is 1. The molecular formula is C17H18ClNO4S. The maximum Gasteiger partial charge on any atom is 0.219 e. The molecule has 128 valence electrons. The van der Waals surface area contributed by atoms with E-state index in [-0.39, 0.29) is 11.7 Å². The van der Waals surface area contributed by atoms with Crippen LogP contribution in [-0.2, 0) is 14.6 Å². The topological polar surface area (TPSA) is 65.5 Å². The number of hydrogen-bond donors (Lipinski definition) is 0. The van der Waals surface area contributed by atoms with Crippen LogP contribution in [0.5, 0.6) is 11.6 Å². The van der Waals surface area contributed by atoms with Crippen LogP contribution in [-0.4, -0.2) is 32.4 Å². The number of ether oxygens (including phenoxy) is 2. The number of sulfone groups is 1. The highest BCUT2D eigenvalue weighted by Gasteiger charge is 2.23. The van der Waals surface area contributed by atoms with Crippen molar-refractivity contribution in [2.75, 3.05) is 19.0 Å². The van der Waals surface area contributed by atoms with Crippen LogP contribution in [0.25, 0.3) is 0 Å². The maximum atomic E-state index is 12.5. The molecule has 1 fully saturated rings. The molecule has 0 radical (unpaired) electrons. The van der Waals surface area contributed by atoms with E-state index in [1.807, 2.05) is 0 Å². The lowest BCUT2D eigenvalue weighted by molar-refractivity contribution is 0.0723. The Balaban J connectivity index is 1.67. The largest absolute Gasteiger partial charge is 0.439 e. The first-order chi connectivity index (χ1) is 11.5. The minimum absolute atomic E-state index is 0.162. The fourth-order valence-electron chi connectivity index (χ4n) is 2.58. The van der Waals surface area contributed by atoms with Crippen molar-refractivity contribution in [3.63, 3.8) is 0 Å². The highest BCUT2D eigenvalue weighted by Crippen LogP contribution is 2.25. The molecule has 1 aliphatic rings. The molecule has 7 heteroatoms. The lowest BCUT2D eigenvalue weighted by Crippen LogP contribution is -2.23. The van der Waals surface area contributed by atoms with Gasteiger partial charge in [-0.3, -0.25) is 0 Å². The zero-order valence-electron chi connectivity index (χ0n) is 13.0. The molecule has 24 heavy (non-hydrogen) atoms. The summed E-state index contributed by atoms with van der Waals surface area (Å²) in [6.07, 6.45) is 3.08. The lowest BCUT2D eigenvalue weighted by atomic mass is 10.0. The highest BCUT2D eigenvalue weighted by atomic mass is 35.5. The molecule has 0 saturated carbocycles. The summed E-state index contributed by atoms with van der Waals surface area (Å²) < 4.78 is 35.8. The third-order valence-corrected chi connectivity index (χ3v) is 6.03. The Morgan fingerprint density at radius 3 is 2.46 bits per heavy atom. The molecule has 0 atom stereocenters. The standard InChI is InChI=1S/C17H18ClNO4S/c18-14-1-6-17(19-11-14)23-15-2-4-16(5-3-15)24(20,21)12-13-7-9-22-10-8-13/h1-6,11,13H,7-10,12H2. The summed E-state index contributed by atoms with van der Waals surface area (Å²) in [7, 11) is -3.30. The minimum atomic E-state index is -3.30. The van der Waals surface area contributed by atoms with Crippen molar-refractivity contribution < 1.29 is 17.9 Å². The molecule has 5 nitrogen and oxygen atoms in total. The van der Waals surface area contributed by atoms with Gasteiger partial charge in [-0.1, -0.05) is 11.6 Å². The summed E-state index contributed by atoms with van der Waals surface area (Å²) in [6, 6.07) is 9.73. The Morgan fingerprint density at radius 1 is 1.12 bits per heavy atom. The van der Waals surface area contributed by atoms with Gasteiger partial charge in [0.25, 0.3) is 0 Å². The van der Waals surface area contributed by atoms with E-state index < -0.39 is 9.84 Å². The molecular weight excluding hydrogens is 350 g/mol. The van der Waals surface area contributed by atoms with E-state index >= 15 is 0 Å². The molecule has 0 amide bonds. The molecule has 0 bridgehead atoms. The Labute approximate surface area is 146 Å². The minimum Gasteiger partial charge on any atom is -0.439 e. The zero-order chi connectivity index (χ0) is 17.0. The van der Waals surface area contributed by atoms with E-state index in [2.05, 4.69) is 4.98 Å². The molecule has 1 saturated heterocycles. The molecule has 1 aromatic heterocycles. The number of aromatic nitrogens is 1. The summed E-state index contributed by atoms with van der Waals surface area (Å²) in [5.74, 6) is 1.25. The third kappa shape index (κ3) is 4.47. The number of halogens is 1. The van der Waals surface area contributed by atoms with Crippen LogP contribution in [0.2, 0.25) is 5.02 Å². The summed E-state index contributed by atoms with van der Waals surface area (Å²) >= 11 is 5.77. The number of rotatable bonds is 5. The van der Waals surface area contributed by atoms with E-state index in [4.69, 9.17) is 21.1 Å².